The summed E-state index contributed by atoms with van der Waals surface area (Å²) in [4.78, 5) is 38.2. The standard InChI is InChI=1S/C17H22N2O4/c1-6-7-18-9-13(20)19(16(18)22)10-23-15(21)14-12(8-11(2)3)17(14,4)5/h1,8,12,14H,7,9-10H2,2-5H3/t12-,14+/m1/s1. The van der Waals surface area contributed by atoms with Crippen LogP contribution in [-0.4, -0.2) is 47.5 Å². The molecule has 6 nitrogen and oxygen atoms in total. The maximum absolute atomic E-state index is 12.2. The molecule has 2 fully saturated rings. The van der Waals surface area contributed by atoms with Crippen molar-refractivity contribution in [3.8, 4) is 12.3 Å². The Morgan fingerprint density at radius 1 is 1.43 bits per heavy atom. The molecule has 6 heteroatoms. The van der Waals surface area contributed by atoms with Gasteiger partial charge in [0.25, 0.3) is 5.91 Å². The molecule has 124 valence electrons. The van der Waals surface area contributed by atoms with Crippen LogP contribution >= 0.6 is 0 Å². The molecule has 0 radical (unpaired) electrons. The number of nitrogens with zero attached hydrogens (tertiary/aromatic N) is 2. The summed E-state index contributed by atoms with van der Waals surface area (Å²) in [5, 5.41) is 0. The molecule has 1 aliphatic carbocycles. The molecular formula is C17H22N2O4. The summed E-state index contributed by atoms with van der Waals surface area (Å²) in [5.41, 5.74) is 0.983. The number of hydrogen-bond donors (Lipinski definition) is 0. The number of carbonyl (C=O) groups excluding carboxylic acids is 3. The number of hydrogen-bond acceptors (Lipinski definition) is 4. The Labute approximate surface area is 136 Å². The van der Waals surface area contributed by atoms with Crippen molar-refractivity contribution in [2.45, 2.75) is 27.7 Å². The molecule has 2 aliphatic rings. The quantitative estimate of drug-likeness (QED) is 0.334. The van der Waals surface area contributed by atoms with Gasteiger partial charge in [0.15, 0.2) is 6.73 Å². The summed E-state index contributed by atoms with van der Waals surface area (Å²) in [6.45, 7) is 7.61. The third-order valence-electron chi connectivity index (χ3n) is 4.42. The highest BCUT2D eigenvalue weighted by Gasteiger charge is 2.61. The van der Waals surface area contributed by atoms with Gasteiger partial charge >= 0.3 is 12.0 Å². The third-order valence-corrected chi connectivity index (χ3v) is 4.42. The van der Waals surface area contributed by atoms with E-state index < -0.39 is 11.9 Å². The average Bonchev–Trinajstić information content (AvgIpc) is 2.85. The van der Waals surface area contributed by atoms with E-state index in [-0.39, 0.29) is 43.0 Å². The van der Waals surface area contributed by atoms with Crippen molar-refractivity contribution >= 4 is 17.9 Å². The molecule has 2 rings (SSSR count). The lowest BCUT2D eigenvalue weighted by atomic mass is 10.1. The van der Waals surface area contributed by atoms with Crippen molar-refractivity contribution in [1.82, 2.24) is 9.80 Å². The molecule has 0 aromatic rings. The number of urea groups is 1. The minimum atomic E-state index is -0.517. The molecule has 0 unspecified atom stereocenters. The van der Waals surface area contributed by atoms with Gasteiger partial charge in [-0.25, -0.2) is 9.69 Å². The fourth-order valence-electron chi connectivity index (χ4n) is 2.97. The largest absolute Gasteiger partial charge is 0.443 e. The molecular weight excluding hydrogens is 296 g/mol. The molecule has 0 N–H and O–H groups in total. The van der Waals surface area contributed by atoms with Crippen molar-refractivity contribution < 1.29 is 19.1 Å². The molecule has 2 atom stereocenters. The van der Waals surface area contributed by atoms with Gasteiger partial charge in [0.2, 0.25) is 0 Å². The number of ether oxygens (including phenoxy) is 1. The molecule has 0 spiro atoms. The van der Waals surface area contributed by atoms with Crippen LogP contribution in [0, 0.1) is 29.6 Å². The maximum Gasteiger partial charge on any atom is 0.330 e. The molecule has 0 aromatic heterocycles. The number of esters is 1. The maximum atomic E-state index is 12.2. The van der Waals surface area contributed by atoms with Crippen molar-refractivity contribution in [2.24, 2.45) is 17.3 Å². The molecule has 1 saturated heterocycles. The third kappa shape index (κ3) is 3.24. The molecule has 1 heterocycles. The highest BCUT2D eigenvalue weighted by Crippen LogP contribution is 2.59. The monoisotopic (exact) mass is 318 g/mol. The van der Waals surface area contributed by atoms with Crippen LogP contribution in [0.2, 0.25) is 0 Å². The summed E-state index contributed by atoms with van der Waals surface area (Å²) >= 11 is 0. The Balaban J connectivity index is 1.93. The Kier molecular flexibility index (Phi) is 4.51. The fraction of sp³-hybridized carbons (Fsp3) is 0.588. The molecule has 3 amide bonds. The van der Waals surface area contributed by atoms with Crippen LogP contribution < -0.4 is 0 Å². The Morgan fingerprint density at radius 3 is 2.65 bits per heavy atom. The van der Waals surface area contributed by atoms with Crippen LogP contribution in [0.5, 0.6) is 0 Å². The first-order valence-electron chi connectivity index (χ1n) is 7.54. The van der Waals surface area contributed by atoms with Gasteiger partial charge in [0, 0.05) is 0 Å². The van der Waals surface area contributed by atoms with E-state index >= 15 is 0 Å². The topological polar surface area (TPSA) is 66.9 Å². The van der Waals surface area contributed by atoms with Crippen molar-refractivity contribution in [1.29, 1.82) is 0 Å². The van der Waals surface area contributed by atoms with Crippen LogP contribution in [0.4, 0.5) is 4.79 Å². The number of imide groups is 1. The Morgan fingerprint density at radius 2 is 2.09 bits per heavy atom. The van der Waals surface area contributed by atoms with Crippen molar-refractivity contribution in [2.75, 3.05) is 19.8 Å². The van der Waals surface area contributed by atoms with Crippen LogP contribution in [0.25, 0.3) is 0 Å². The first kappa shape index (κ1) is 17.1. The second kappa shape index (κ2) is 6.07. The SMILES string of the molecule is C#CCN1CC(=O)N(COC(=O)[C@@H]2[C@@H](C=C(C)C)C2(C)C)C1=O. The first-order valence-corrected chi connectivity index (χ1v) is 7.54. The van der Waals surface area contributed by atoms with E-state index in [2.05, 4.69) is 12.0 Å². The number of terminal acetylenes is 1. The van der Waals surface area contributed by atoms with Gasteiger partial charge in [-0.3, -0.25) is 9.59 Å². The summed E-state index contributed by atoms with van der Waals surface area (Å²) in [6, 6.07) is -0.517. The van der Waals surface area contributed by atoms with Crippen LogP contribution in [0.15, 0.2) is 11.6 Å². The number of carbonyl (C=O) groups is 3. The van der Waals surface area contributed by atoms with Crippen LogP contribution in [0.1, 0.15) is 27.7 Å². The number of rotatable bonds is 5. The highest BCUT2D eigenvalue weighted by atomic mass is 16.5. The average molecular weight is 318 g/mol. The fourth-order valence-corrected chi connectivity index (χ4v) is 2.97. The zero-order chi connectivity index (χ0) is 17.4. The van der Waals surface area contributed by atoms with E-state index in [0.29, 0.717) is 0 Å². The number of allylic oxidation sites excluding steroid dienone is 2. The predicted octanol–water partition coefficient (Wildman–Crippen LogP) is 1.62. The smallest absolute Gasteiger partial charge is 0.330 e. The summed E-state index contributed by atoms with van der Waals surface area (Å²) in [5.74, 6) is 1.42. The summed E-state index contributed by atoms with van der Waals surface area (Å²) in [6.07, 6.45) is 7.21. The van der Waals surface area contributed by atoms with E-state index in [1.807, 2.05) is 27.7 Å². The van der Waals surface area contributed by atoms with Crippen molar-refractivity contribution in [3.05, 3.63) is 11.6 Å². The van der Waals surface area contributed by atoms with E-state index in [4.69, 9.17) is 11.2 Å². The Hall–Kier alpha value is -2.29. The van der Waals surface area contributed by atoms with Crippen LogP contribution in [0.3, 0.4) is 0 Å². The first-order chi connectivity index (χ1) is 10.7. The van der Waals surface area contributed by atoms with Crippen molar-refractivity contribution in [3.63, 3.8) is 0 Å². The van der Waals surface area contributed by atoms with Gasteiger partial charge < -0.3 is 9.64 Å². The van der Waals surface area contributed by atoms with Crippen LogP contribution in [-0.2, 0) is 14.3 Å². The zero-order valence-electron chi connectivity index (χ0n) is 14.0. The van der Waals surface area contributed by atoms with E-state index in [1.54, 1.807) is 0 Å². The lowest BCUT2D eigenvalue weighted by molar-refractivity contribution is -0.151. The molecule has 23 heavy (non-hydrogen) atoms. The minimum Gasteiger partial charge on any atom is -0.443 e. The molecule has 1 aliphatic heterocycles. The number of amides is 3. The second-order valence-corrected chi connectivity index (χ2v) is 6.83. The second-order valence-electron chi connectivity index (χ2n) is 6.83. The van der Waals surface area contributed by atoms with Gasteiger partial charge in [0.05, 0.1) is 12.5 Å². The van der Waals surface area contributed by atoms with Gasteiger partial charge in [-0.15, -0.1) is 6.42 Å². The van der Waals surface area contributed by atoms with Gasteiger partial charge in [-0.05, 0) is 25.2 Å². The Bertz CT molecular complexity index is 611. The van der Waals surface area contributed by atoms with Gasteiger partial charge in [-0.2, -0.15) is 0 Å². The highest BCUT2D eigenvalue weighted by molar-refractivity contribution is 6.02. The van der Waals surface area contributed by atoms with E-state index in [9.17, 15) is 14.4 Å². The van der Waals surface area contributed by atoms with E-state index in [0.717, 1.165) is 10.5 Å². The zero-order valence-corrected chi connectivity index (χ0v) is 14.0. The lowest BCUT2D eigenvalue weighted by Gasteiger charge is -2.15. The molecule has 0 aromatic carbocycles. The van der Waals surface area contributed by atoms with E-state index in [1.165, 1.54) is 4.90 Å². The van der Waals surface area contributed by atoms with Gasteiger partial charge in [-0.1, -0.05) is 31.4 Å². The minimum absolute atomic E-state index is 0.0628. The summed E-state index contributed by atoms with van der Waals surface area (Å²) < 4.78 is 5.20. The molecule has 1 saturated carbocycles. The normalized spacial score (nSPS) is 25.2. The molecule has 0 bridgehead atoms. The van der Waals surface area contributed by atoms with Gasteiger partial charge in [0.1, 0.15) is 6.54 Å². The predicted molar refractivity (Wildman–Crippen MR) is 83.8 cm³/mol. The summed E-state index contributed by atoms with van der Waals surface area (Å²) in [7, 11) is 0. The lowest BCUT2D eigenvalue weighted by Crippen LogP contribution is -2.36.